The number of hydrogen-bond donors (Lipinski definition) is 2. The monoisotopic (exact) mass is 278 g/mol. The van der Waals surface area contributed by atoms with Gasteiger partial charge in [0, 0.05) is 10.9 Å². The Morgan fingerprint density at radius 3 is 2.52 bits per heavy atom. The maximum Gasteiger partial charge on any atom is 0.257 e. The summed E-state index contributed by atoms with van der Waals surface area (Å²) in [7, 11) is 0. The predicted molar refractivity (Wildman–Crippen MR) is 83.7 cm³/mol. The zero-order valence-electron chi connectivity index (χ0n) is 11.5. The van der Waals surface area contributed by atoms with Crippen molar-refractivity contribution in [1.82, 2.24) is 4.98 Å². The van der Waals surface area contributed by atoms with Crippen molar-refractivity contribution in [3.63, 3.8) is 0 Å². The third kappa shape index (κ3) is 2.56. The van der Waals surface area contributed by atoms with Crippen LogP contribution in [0.4, 0.5) is 5.82 Å². The lowest BCUT2D eigenvalue weighted by atomic mass is 10.1. The molecular formula is C17H14N2O2. The summed E-state index contributed by atoms with van der Waals surface area (Å²) in [6.07, 6.45) is 0. The van der Waals surface area contributed by atoms with Gasteiger partial charge in [0.05, 0.1) is 0 Å². The first-order chi connectivity index (χ1) is 10.1. The van der Waals surface area contributed by atoms with Crippen molar-refractivity contribution in [2.45, 2.75) is 6.92 Å². The van der Waals surface area contributed by atoms with Gasteiger partial charge in [-0.15, -0.1) is 0 Å². The lowest BCUT2D eigenvalue weighted by molar-refractivity contribution is 0.102. The van der Waals surface area contributed by atoms with E-state index in [0.717, 1.165) is 10.9 Å². The van der Waals surface area contributed by atoms with Gasteiger partial charge in [0.25, 0.3) is 11.5 Å². The molecule has 0 bridgehead atoms. The molecule has 21 heavy (non-hydrogen) atoms. The molecule has 1 heterocycles. The quantitative estimate of drug-likeness (QED) is 0.756. The van der Waals surface area contributed by atoms with Crippen molar-refractivity contribution in [1.29, 1.82) is 0 Å². The highest BCUT2D eigenvalue weighted by atomic mass is 16.2. The van der Waals surface area contributed by atoms with Crippen LogP contribution in [0.15, 0.2) is 59.4 Å². The Kier molecular flexibility index (Phi) is 3.28. The molecule has 3 rings (SSSR count). The first-order valence-corrected chi connectivity index (χ1v) is 6.64. The molecule has 0 saturated carbocycles. The van der Waals surface area contributed by atoms with Gasteiger partial charge in [0.1, 0.15) is 5.82 Å². The number of hydrogen-bond acceptors (Lipinski definition) is 2. The fourth-order valence-electron chi connectivity index (χ4n) is 2.29. The topological polar surface area (TPSA) is 62.0 Å². The van der Waals surface area contributed by atoms with Crippen molar-refractivity contribution in [2.24, 2.45) is 0 Å². The fraction of sp³-hybridized carbons (Fsp3) is 0.0588. The highest BCUT2D eigenvalue weighted by Gasteiger charge is 2.08. The van der Waals surface area contributed by atoms with E-state index in [-0.39, 0.29) is 11.5 Å². The maximum absolute atomic E-state index is 12.1. The Hall–Kier alpha value is -2.88. The summed E-state index contributed by atoms with van der Waals surface area (Å²) in [6.45, 7) is 1.94. The minimum absolute atomic E-state index is 0.209. The Morgan fingerprint density at radius 1 is 1.00 bits per heavy atom. The normalized spacial score (nSPS) is 10.5. The summed E-state index contributed by atoms with van der Waals surface area (Å²) >= 11 is 0. The molecule has 2 aromatic carbocycles. The van der Waals surface area contributed by atoms with Gasteiger partial charge >= 0.3 is 0 Å². The molecule has 4 heteroatoms. The molecule has 0 aliphatic carbocycles. The molecule has 3 aromatic rings. The maximum atomic E-state index is 12.1. The highest BCUT2D eigenvalue weighted by molar-refractivity contribution is 6.04. The van der Waals surface area contributed by atoms with Crippen LogP contribution >= 0.6 is 0 Å². The number of aryl methyl sites for hydroxylation is 1. The number of benzene rings is 2. The van der Waals surface area contributed by atoms with Crippen molar-refractivity contribution >= 4 is 22.5 Å². The molecule has 0 aliphatic rings. The van der Waals surface area contributed by atoms with E-state index >= 15 is 0 Å². The highest BCUT2D eigenvalue weighted by Crippen LogP contribution is 2.17. The zero-order valence-corrected chi connectivity index (χ0v) is 11.5. The van der Waals surface area contributed by atoms with Crippen molar-refractivity contribution in [3.05, 3.63) is 76.1 Å². The Bertz CT molecular complexity index is 867. The summed E-state index contributed by atoms with van der Waals surface area (Å²) in [5.41, 5.74) is 1.33. The van der Waals surface area contributed by atoms with E-state index in [1.165, 1.54) is 0 Å². The standard InChI is InChI=1S/C17H14N2O2/c1-11-6-5-9-13-14(11)10-15(19-17(13)21)18-16(20)12-7-3-2-4-8-12/h2-10H,1H3,(H2,18,19,20,21). The Balaban J connectivity index is 2.00. The Labute approximate surface area is 121 Å². The van der Waals surface area contributed by atoms with E-state index in [4.69, 9.17) is 0 Å². The number of aromatic amines is 1. The van der Waals surface area contributed by atoms with Crippen LogP contribution in [-0.2, 0) is 0 Å². The molecule has 1 amide bonds. The molecule has 0 saturated heterocycles. The first kappa shape index (κ1) is 13.1. The SMILES string of the molecule is Cc1cccc2c(=O)[nH]c(NC(=O)c3ccccc3)cc12. The largest absolute Gasteiger partial charge is 0.308 e. The third-order valence-corrected chi connectivity index (χ3v) is 3.39. The van der Waals surface area contributed by atoms with E-state index in [0.29, 0.717) is 16.8 Å². The minimum atomic E-state index is -0.251. The van der Waals surface area contributed by atoms with Gasteiger partial charge in [0.15, 0.2) is 0 Å². The second-order valence-corrected chi connectivity index (χ2v) is 4.87. The van der Waals surface area contributed by atoms with Crippen molar-refractivity contribution < 1.29 is 4.79 Å². The molecule has 0 spiro atoms. The van der Waals surface area contributed by atoms with Crippen LogP contribution in [0.3, 0.4) is 0 Å². The number of carbonyl (C=O) groups is 1. The predicted octanol–water partition coefficient (Wildman–Crippen LogP) is 3.09. The smallest absolute Gasteiger partial charge is 0.257 e. The van der Waals surface area contributed by atoms with Gasteiger partial charge in [-0.3, -0.25) is 9.59 Å². The fourth-order valence-corrected chi connectivity index (χ4v) is 2.29. The molecule has 0 unspecified atom stereocenters. The summed E-state index contributed by atoms with van der Waals surface area (Å²) in [4.78, 5) is 26.9. The molecule has 0 fully saturated rings. The number of carbonyl (C=O) groups excluding carboxylic acids is 1. The van der Waals surface area contributed by atoms with Crippen LogP contribution in [0.1, 0.15) is 15.9 Å². The molecular weight excluding hydrogens is 264 g/mol. The zero-order chi connectivity index (χ0) is 14.8. The number of rotatable bonds is 2. The third-order valence-electron chi connectivity index (χ3n) is 3.39. The average molecular weight is 278 g/mol. The summed E-state index contributed by atoms with van der Waals surface area (Å²) in [5, 5.41) is 4.18. The van der Waals surface area contributed by atoms with Crippen LogP contribution < -0.4 is 10.9 Å². The second-order valence-electron chi connectivity index (χ2n) is 4.87. The minimum Gasteiger partial charge on any atom is -0.308 e. The number of aromatic nitrogens is 1. The molecule has 1 aromatic heterocycles. The van der Waals surface area contributed by atoms with Gasteiger partial charge < -0.3 is 10.3 Å². The van der Waals surface area contributed by atoms with E-state index in [9.17, 15) is 9.59 Å². The van der Waals surface area contributed by atoms with Crippen molar-refractivity contribution in [2.75, 3.05) is 5.32 Å². The van der Waals surface area contributed by atoms with Gasteiger partial charge in [-0.25, -0.2) is 0 Å². The average Bonchev–Trinajstić information content (AvgIpc) is 2.49. The number of amides is 1. The number of H-pyrrole nitrogens is 1. The van der Waals surface area contributed by atoms with E-state index in [1.54, 1.807) is 36.4 Å². The van der Waals surface area contributed by atoms with Crippen LogP contribution in [0.5, 0.6) is 0 Å². The van der Waals surface area contributed by atoms with Crippen LogP contribution in [0, 0.1) is 6.92 Å². The van der Waals surface area contributed by atoms with Gasteiger partial charge in [-0.05, 0) is 42.1 Å². The number of nitrogens with one attached hydrogen (secondary N) is 2. The Morgan fingerprint density at radius 2 is 1.76 bits per heavy atom. The number of anilines is 1. The molecule has 104 valence electrons. The van der Waals surface area contributed by atoms with E-state index < -0.39 is 0 Å². The molecule has 4 nitrogen and oxygen atoms in total. The van der Waals surface area contributed by atoms with Gasteiger partial charge in [0.2, 0.25) is 0 Å². The van der Waals surface area contributed by atoms with Crippen LogP contribution in [-0.4, -0.2) is 10.9 Å². The molecule has 0 aliphatic heterocycles. The van der Waals surface area contributed by atoms with Gasteiger partial charge in [-0.2, -0.15) is 0 Å². The molecule has 0 radical (unpaired) electrons. The second kappa shape index (κ2) is 5.25. The van der Waals surface area contributed by atoms with Gasteiger partial charge in [-0.1, -0.05) is 30.3 Å². The molecule has 2 N–H and O–H groups in total. The summed E-state index contributed by atoms with van der Waals surface area (Å²) in [6, 6.07) is 16.2. The van der Waals surface area contributed by atoms with E-state index in [1.807, 2.05) is 25.1 Å². The van der Waals surface area contributed by atoms with Crippen LogP contribution in [0.2, 0.25) is 0 Å². The number of pyridine rings is 1. The summed E-state index contributed by atoms with van der Waals surface area (Å²) in [5.74, 6) is 0.148. The first-order valence-electron chi connectivity index (χ1n) is 6.64. The molecule has 0 atom stereocenters. The lowest BCUT2D eigenvalue weighted by Gasteiger charge is -2.07. The van der Waals surface area contributed by atoms with Crippen molar-refractivity contribution in [3.8, 4) is 0 Å². The summed E-state index contributed by atoms with van der Waals surface area (Å²) < 4.78 is 0. The number of fused-ring (bicyclic) bond motifs is 1. The van der Waals surface area contributed by atoms with Crippen LogP contribution in [0.25, 0.3) is 10.8 Å². The lowest BCUT2D eigenvalue weighted by Crippen LogP contribution is -2.16. The van der Waals surface area contributed by atoms with E-state index in [2.05, 4.69) is 10.3 Å².